The van der Waals surface area contributed by atoms with E-state index < -0.39 is 0 Å². The summed E-state index contributed by atoms with van der Waals surface area (Å²) in [4.78, 5) is 0.963. The highest BCUT2D eigenvalue weighted by Crippen LogP contribution is 2.30. The lowest BCUT2D eigenvalue weighted by Gasteiger charge is -2.22. The lowest BCUT2D eigenvalue weighted by Crippen LogP contribution is -2.08. The van der Waals surface area contributed by atoms with Gasteiger partial charge in [0, 0.05) is 4.91 Å². The lowest BCUT2D eigenvalue weighted by molar-refractivity contribution is 0.493. The second-order valence-corrected chi connectivity index (χ2v) is 4.88. The van der Waals surface area contributed by atoms with Crippen LogP contribution in [0.4, 0.5) is 0 Å². The normalized spacial score (nSPS) is 13.6. The first-order chi connectivity index (χ1) is 5.79. The van der Waals surface area contributed by atoms with Crippen LogP contribution in [-0.4, -0.2) is 0 Å². The lowest BCUT2D eigenvalue weighted by atomic mass is 9.84. The summed E-state index contributed by atoms with van der Waals surface area (Å²) < 4.78 is 0. The topological polar surface area (TPSA) is 0 Å². The van der Waals surface area contributed by atoms with Gasteiger partial charge in [-0.25, -0.2) is 0 Å². The number of allylic oxidation sites excluding steroid dienone is 3. The van der Waals surface area contributed by atoms with Crippen molar-refractivity contribution >= 4 is 12.6 Å². The highest BCUT2D eigenvalue weighted by molar-refractivity contribution is 7.84. The first kappa shape index (κ1) is 12.6. The molecule has 74 valence electrons. The summed E-state index contributed by atoms with van der Waals surface area (Å²) in [6.45, 7) is 16.4. The summed E-state index contributed by atoms with van der Waals surface area (Å²) in [5.41, 5.74) is 2.65. The molecule has 0 aromatic heterocycles. The summed E-state index contributed by atoms with van der Waals surface area (Å²) in [7, 11) is 0. The standard InChI is InChI=1S/C12H20S/c1-7-11(13)9(2)8-10(3)12(4,5)6/h7,13H,1,3,8H2,2,4-6H3/b11-9+. The van der Waals surface area contributed by atoms with Gasteiger partial charge in [-0.15, -0.1) is 12.6 Å². The predicted octanol–water partition coefficient (Wildman–Crippen LogP) is 4.37. The smallest absolute Gasteiger partial charge is 0.00265 e. The molecule has 0 aromatic rings. The third-order valence-corrected chi connectivity index (χ3v) is 2.73. The van der Waals surface area contributed by atoms with Crippen molar-refractivity contribution < 1.29 is 0 Å². The predicted molar refractivity (Wildman–Crippen MR) is 65.1 cm³/mol. The van der Waals surface area contributed by atoms with E-state index in [1.807, 2.05) is 0 Å². The zero-order valence-electron chi connectivity index (χ0n) is 9.15. The molecule has 1 heteroatoms. The third-order valence-electron chi connectivity index (χ3n) is 2.17. The van der Waals surface area contributed by atoms with Crippen molar-refractivity contribution in [2.45, 2.75) is 34.1 Å². The molecular weight excluding hydrogens is 176 g/mol. The van der Waals surface area contributed by atoms with Crippen LogP contribution in [-0.2, 0) is 0 Å². The Kier molecular flexibility index (Phi) is 4.55. The van der Waals surface area contributed by atoms with E-state index in [9.17, 15) is 0 Å². The van der Waals surface area contributed by atoms with Crippen LogP contribution in [0.3, 0.4) is 0 Å². The van der Waals surface area contributed by atoms with Gasteiger partial charge in [-0.1, -0.05) is 51.2 Å². The first-order valence-electron chi connectivity index (χ1n) is 4.48. The number of hydrogen-bond donors (Lipinski definition) is 1. The molecule has 0 aliphatic rings. The Morgan fingerprint density at radius 3 is 2.15 bits per heavy atom. The van der Waals surface area contributed by atoms with Gasteiger partial charge in [0.1, 0.15) is 0 Å². The van der Waals surface area contributed by atoms with Crippen LogP contribution < -0.4 is 0 Å². The minimum Gasteiger partial charge on any atom is -0.143 e. The maximum Gasteiger partial charge on any atom is 0.00265 e. The minimum atomic E-state index is 0.177. The number of hydrogen-bond acceptors (Lipinski definition) is 1. The fraction of sp³-hybridized carbons (Fsp3) is 0.500. The van der Waals surface area contributed by atoms with E-state index in [0.717, 1.165) is 11.3 Å². The summed E-state index contributed by atoms with van der Waals surface area (Å²) in [5, 5.41) is 0. The Morgan fingerprint density at radius 2 is 1.85 bits per heavy atom. The minimum absolute atomic E-state index is 0.177. The van der Waals surface area contributed by atoms with E-state index in [0.29, 0.717) is 0 Å². The molecule has 0 aliphatic heterocycles. The molecule has 0 nitrogen and oxygen atoms in total. The zero-order chi connectivity index (χ0) is 10.6. The molecule has 0 amide bonds. The summed E-state index contributed by atoms with van der Waals surface area (Å²) in [5.74, 6) is 0. The SMILES string of the molecule is C=C/C(S)=C(/C)CC(=C)C(C)(C)C. The monoisotopic (exact) mass is 196 g/mol. The third kappa shape index (κ3) is 4.37. The molecule has 0 rings (SSSR count). The molecule has 0 unspecified atom stereocenters. The van der Waals surface area contributed by atoms with Gasteiger partial charge >= 0.3 is 0 Å². The summed E-state index contributed by atoms with van der Waals surface area (Å²) >= 11 is 4.32. The molecule has 0 bridgehead atoms. The maximum absolute atomic E-state index is 4.32. The van der Waals surface area contributed by atoms with Crippen molar-refractivity contribution in [1.82, 2.24) is 0 Å². The van der Waals surface area contributed by atoms with Gasteiger partial charge in [0.15, 0.2) is 0 Å². The second-order valence-electron chi connectivity index (χ2n) is 4.40. The van der Waals surface area contributed by atoms with Crippen molar-refractivity contribution in [3.8, 4) is 0 Å². The van der Waals surface area contributed by atoms with Crippen LogP contribution in [0.15, 0.2) is 35.3 Å². The van der Waals surface area contributed by atoms with Crippen molar-refractivity contribution in [2.75, 3.05) is 0 Å². The molecule has 0 saturated heterocycles. The Hall–Kier alpha value is -0.430. The zero-order valence-corrected chi connectivity index (χ0v) is 10.0. The van der Waals surface area contributed by atoms with Gasteiger partial charge in [0.2, 0.25) is 0 Å². The van der Waals surface area contributed by atoms with E-state index in [-0.39, 0.29) is 5.41 Å². The van der Waals surface area contributed by atoms with Gasteiger partial charge < -0.3 is 0 Å². The first-order valence-corrected chi connectivity index (χ1v) is 4.93. The van der Waals surface area contributed by atoms with Gasteiger partial charge in [-0.2, -0.15) is 0 Å². The molecule has 0 spiro atoms. The van der Waals surface area contributed by atoms with Crippen molar-refractivity contribution in [1.29, 1.82) is 0 Å². The maximum atomic E-state index is 4.32. The van der Waals surface area contributed by atoms with Crippen LogP contribution in [0.2, 0.25) is 0 Å². The van der Waals surface area contributed by atoms with E-state index in [4.69, 9.17) is 0 Å². The molecule has 0 N–H and O–H groups in total. The molecule has 0 saturated carbocycles. The number of rotatable bonds is 3. The van der Waals surface area contributed by atoms with Gasteiger partial charge in [-0.05, 0) is 18.8 Å². The largest absolute Gasteiger partial charge is 0.143 e. The molecule has 0 aromatic carbocycles. The van der Waals surface area contributed by atoms with Crippen LogP contribution in [0.5, 0.6) is 0 Å². The average Bonchev–Trinajstić information content (AvgIpc) is 2.01. The molecule has 0 aliphatic carbocycles. The fourth-order valence-electron chi connectivity index (χ4n) is 0.850. The summed E-state index contributed by atoms with van der Waals surface area (Å²) in [6.07, 6.45) is 2.68. The quantitative estimate of drug-likeness (QED) is 0.387. The van der Waals surface area contributed by atoms with Crippen LogP contribution in [0, 0.1) is 5.41 Å². The molecule has 0 radical (unpaired) electrons. The molecule has 0 heterocycles. The van der Waals surface area contributed by atoms with Crippen LogP contribution >= 0.6 is 12.6 Å². The van der Waals surface area contributed by atoms with E-state index >= 15 is 0 Å². The van der Waals surface area contributed by atoms with Crippen molar-refractivity contribution in [2.24, 2.45) is 5.41 Å². The van der Waals surface area contributed by atoms with Crippen molar-refractivity contribution in [3.63, 3.8) is 0 Å². The van der Waals surface area contributed by atoms with Gasteiger partial charge in [0.05, 0.1) is 0 Å². The summed E-state index contributed by atoms with van der Waals surface area (Å²) in [6, 6.07) is 0. The Morgan fingerprint density at radius 1 is 1.38 bits per heavy atom. The molecule has 0 fully saturated rings. The van der Waals surface area contributed by atoms with E-state index in [1.165, 1.54) is 11.1 Å². The number of thiol groups is 1. The fourth-order valence-corrected chi connectivity index (χ4v) is 0.929. The van der Waals surface area contributed by atoms with E-state index in [1.54, 1.807) is 6.08 Å². The molecule has 13 heavy (non-hydrogen) atoms. The van der Waals surface area contributed by atoms with Crippen LogP contribution in [0.1, 0.15) is 34.1 Å². The van der Waals surface area contributed by atoms with Crippen molar-refractivity contribution in [3.05, 3.63) is 35.3 Å². The molecule has 0 atom stereocenters. The highest BCUT2D eigenvalue weighted by Gasteiger charge is 2.15. The average molecular weight is 196 g/mol. The molecular formula is C12H20S. The van der Waals surface area contributed by atoms with E-state index in [2.05, 4.69) is 53.5 Å². The Balaban J connectivity index is 4.48. The Bertz CT molecular complexity index is 238. The highest BCUT2D eigenvalue weighted by atomic mass is 32.1. The van der Waals surface area contributed by atoms with Gasteiger partial charge in [0.25, 0.3) is 0 Å². The van der Waals surface area contributed by atoms with Crippen LogP contribution in [0.25, 0.3) is 0 Å². The Labute approximate surface area is 87.8 Å². The van der Waals surface area contributed by atoms with Gasteiger partial charge in [-0.3, -0.25) is 0 Å². The second kappa shape index (κ2) is 4.71.